The first-order valence-corrected chi connectivity index (χ1v) is 15.3. The molecule has 1 saturated carbocycles. The van der Waals surface area contributed by atoms with Gasteiger partial charge in [0.25, 0.3) is 0 Å². The van der Waals surface area contributed by atoms with Gasteiger partial charge in [0.15, 0.2) is 0 Å². The van der Waals surface area contributed by atoms with E-state index in [2.05, 4.69) is 25.5 Å². The number of hydrogen-bond donors (Lipinski definition) is 4. The van der Waals surface area contributed by atoms with E-state index in [9.17, 15) is 4.39 Å². The monoisotopic (exact) mass is 620 g/mol. The van der Waals surface area contributed by atoms with Gasteiger partial charge < -0.3 is 26.3 Å². The number of piperidine rings is 1. The minimum absolute atomic E-state index is 0.0247. The Balaban J connectivity index is 1.25. The maximum atomic E-state index is 13.7. The molecule has 224 valence electrons. The molecule has 0 bridgehead atoms. The number of hydrazine groups is 1. The van der Waals surface area contributed by atoms with E-state index in [1.165, 1.54) is 37.7 Å². The molecule has 2 heterocycles. The van der Waals surface area contributed by atoms with E-state index in [1.807, 2.05) is 48.7 Å². The Kier molecular flexibility index (Phi) is 8.85. The lowest BCUT2D eigenvalue weighted by molar-refractivity contribution is 0.0701. The first-order valence-electron chi connectivity index (χ1n) is 14.6. The van der Waals surface area contributed by atoms with Gasteiger partial charge in [-0.15, -0.1) is 0 Å². The van der Waals surface area contributed by atoms with Crippen LogP contribution in [0.5, 0.6) is 0 Å². The highest BCUT2D eigenvalue weighted by molar-refractivity contribution is 6.31. The molecule has 6 N–H and O–H groups in total. The van der Waals surface area contributed by atoms with Gasteiger partial charge in [0.2, 0.25) is 0 Å². The van der Waals surface area contributed by atoms with Gasteiger partial charge >= 0.3 is 0 Å². The van der Waals surface area contributed by atoms with Crippen molar-refractivity contribution in [3.8, 4) is 0 Å². The number of hydrogen-bond acceptors (Lipinski definition) is 8. The zero-order valence-corrected chi connectivity index (χ0v) is 25.2. The molecule has 8 nitrogen and oxygen atoms in total. The van der Waals surface area contributed by atoms with Gasteiger partial charge in [0.1, 0.15) is 18.0 Å². The van der Waals surface area contributed by atoms with Crippen LogP contribution in [0.3, 0.4) is 0 Å². The van der Waals surface area contributed by atoms with Crippen molar-refractivity contribution < 1.29 is 4.39 Å². The number of nitrogens with two attached hydrogens (primary N) is 2. The molecular formula is C32H35Cl2FN8. The van der Waals surface area contributed by atoms with Gasteiger partial charge in [-0.3, -0.25) is 0 Å². The molecule has 1 aromatic heterocycles. The molecule has 2 aliphatic rings. The van der Waals surface area contributed by atoms with Gasteiger partial charge in [-0.1, -0.05) is 41.8 Å². The first kappa shape index (κ1) is 29.4. The smallest absolute Gasteiger partial charge is 0.141 e. The van der Waals surface area contributed by atoms with E-state index in [0.29, 0.717) is 22.2 Å². The Hall–Kier alpha value is -3.63. The molecular weight excluding hydrogens is 586 g/mol. The summed E-state index contributed by atoms with van der Waals surface area (Å²) >= 11 is 12.2. The van der Waals surface area contributed by atoms with Crippen LogP contribution >= 0.6 is 23.2 Å². The van der Waals surface area contributed by atoms with E-state index >= 15 is 0 Å². The fraction of sp³-hybridized carbons (Fsp3) is 0.312. The van der Waals surface area contributed by atoms with E-state index in [0.717, 1.165) is 54.1 Å². The summed E-state index contributed by atoms with van der Waals surface area (Å²) in [4.78, 5) is 11.4. The minimum atomic E-state index is -0.486. The zero-order valence-electron chi connectivity index (χ0n) is 23.7. The van der Waals surface area contributed by atoms with Crippen molar-refractivity contribution in [2.75, 3.05) is 23.7 Å². The van der Waals surface area contributed by atoms with Crippen molar-refractivity contribution >= 4 is 51.3 Å². The lowest BCUT2D eigenvalue weighted by Crippen LogP contribution is -2.50. The molecule has 1 aliphatic carbocycles. The van der Waals surface area contributed by atoms with E-state index in [1.54, 1.807) is 11.1 Å². The summed E-state index contributed by atoms with van der Waals surface area (Å²) in [6.07, 6.45) is 9.33. The molecule has 0 radical (unpaired) electrons. The number of nitrogens with one attached hydrogen (secondary N) is 2. The Bertz CT molecular complexity index is 1600. The fourth-order valence-corrected chi connectivity index (χ4v) is 6.10. The maximum Gasteiger partial charge on any atom is 0.141 e. The fourth-order valence-electron chi connectivity index (χ4n) is 5.79. The zero-order chi connectivity index (χ0) is 29.9. The number of benzene rings is 3. The van der Waals surface area contributed by atoms with Crippen molar-refractivity contribution in [1.82, 2.24) is 19.9 Å². The number of rotatable bonds is 9. The van der Waals surface area contributed by atoms with Crippen LogP contribution in [0.25, 0.3) is 10.9 Å². The Morgan fingerprint density at radius 3 is 2.42 bits per heavy atom. The number of fused-ring (bicyclic) bond motifs is 1. The average molecular weight is 622 g/mol. The standard InChI is InChI=1S/C32H35Cl2FN8/c33-21-6-4-20(5-7-21)31(29(36)18-43(37)25-12-14-42(15-13-25)24-2-1-3-24)40-22-9-11-30-26(16-22)32(39-19-38-30)41-23-8-10-28(35)27(34)17-23/h4-11,16-19,24-25,31,40H,1-3,12-15,36-37H2,(H,38,39,41)/b29-18-. The average Bonchev–Trinajstić information content (AvgIpc) is 2.98. The Morgan fingerprint density at radius 2 is 1.72 bits per heavy atom. The summed E-state index contributed by atoms with van der Waals surface area (Å²) in [6.45, 7) is 2.13. The SMILES string of the molecule is N/C(=C\N(N)C1CCN(C2CCC2)CC1)C(Nc1ccc2ncnc(Nc3ccc(F)c(Cl)c3)c2c1)c1ccc(Cl)cc1. The van der Waals surface area contributed by atoms with Crippen LogP contribution in [0, 0.1) is 5.82 Å². The summed E-state index contributed by atoms with van der Waals surface area (Å²) in [5.74, 6) is 6.66. The number of aromatic nitrogens is 2. The van der Waals surface area contributed by atoms with Crippen molar-refractivity contribution in [3.63, 3.8) is 0 Å². The highest BCUT2D eigenvalue weighted by Gasteiger charge is 2.30. The van der Waals surface area contributed by atoms with Crippen molar-refractivity contribution in [3.05, 3.63) is 100 Å². The van der Waals surface area contributed by atoms with Crippen LogP contribution in [0.1, 0.15) is 43.7 Å². The molecule has 3 aromatic carbocycles. The maximum absolute atomic E-state index is 13.7. The molecule has 1 aliphatic heterocycles. The van der Waals surface area contributed by atoms with Gasteiger partial charge in [-0.05, 0) is 79.8 Å². The molecule has 1 unspecified atom stereocenters. The second-order valence-corrected chi connectivity index (χ2v) is 12.1. The van der Waals surface area contributed by atoms with Crippen LogP contribution in [0.4, 0.5) is 21.6 Å². The van der Waals surface area contributed by atoms with E-state index < -0.39 is 5.82 Å². The predicted molar refractivity (Wildman–Crippen MR) is 173 cm³/mol. The van der Waals surface area contributed by atoms with Gasteiger partial charge in [0.05, 0.1) is 22.3 Å². The molecule has 43 heavy (non-hydrogen) atoms. The summed E-state index contributed by atoms with van der Waals surface area (Å²) in [5, 5.41) is 10.0. The Labute approximate surface area is 260 Å². The number of halogens is 3. The molecule has 6 rings (SSSR count). The van der Waals surface area contributed by atoms with Crippen molar-refractivity contribution in [2.24, 2.45) is 11.6 Å². The normalized spacial score (nSPS) is 17.4. The number of anilines is 3. The van der Waals surface area contributed by atoms with Gasteiger partial charge in [-0.25, -0.2) is 20.2 Å². The highest BCUT2D eigenvalue weighted by Crippen LogP contribution is 2.32. The molecule has 0 amide bonds. The predicted octanol–water partition coefficient (Wildman–Crippen LogP) is 6.97. The van der Waals surface area contributed by atoms with Crippen LogP contribution < -0.4 is 22.2 Å². The van der Waals surface area contributed by atoms with E-state index in [-0.39, 0.29) is 17.1 Å². The number of nitrogens with zero attached hydrogens (tertiary/aromatic N) is 4. The molecule has 1 saturated heterocycles. The van der Waals surface area contributed by atoms with Crippen molar-refractivity contribution in [2.45, 2.75) is 50.2 Å². The third-order valence-corrected chi connectivity index (χ3v) is 9.02. The van der Waals surface area contributed by atoms with Crippen LogP contribution in [-0.2, 0) is 0 Å². The third-order valence-electron chi connectivity index (χ3n) is 8.48. The molecule has 0 spiro atoms. The lowest BCUT2D eigenvalue weighted by atomic mass is 9.89. The summed E-state index contributed by atoms with van der Waals surface area (Å²) in [7, 11) is 0. The third kappa shape index (κ3) is 6.80. The summed E-state index contributed by atoms with van der Waals surface area (Å²) < 4.78 is 13.7. The second kappa shape index (κ2) is 12.9. The second-order valence-electron chi connectivity index (χ2n) is 11.3. The van der Waals surface area contributed by atoms with Gasteiger partial charge in [0, 0.05) is 53.2 Å². The molecule has 11 heteroatoms. The summed E-state index contributed by atoms with van der Waals surface area (Å²) in [5.41, 5.74) is 10.4. The quantitative estimate of drug-likeness (QED) is 0.117. The largest absolute Gasteiger partial charge is 0.399 e. The molecule has 1 atom stereocenters. The lowest BCUT2D eigenvalue weighted by Gasteiger charge is -2.43. The van der Waals surface area contributed by atoms with Crippen molar-refractivity contribution in [1.29, 1.82) is 0 Å². The minimum Gasteiger partial charge on any atom is -0.399 e. The topological polar surface area (TPSA) is 108 Å². The molecule has 4 aromatic rings. The highest BCUT2D eigenvalue weighted by atomic mass is 35.5. The molecule has 2 fully saturated rings. The van der Waals surface area contributed by atoms with Crippen LogP contribution in [0.2, 0.25) is 10.0 Å². The Morgan fingerprint density at radius 1 is 0.977 bits per heavy atom. The first-order chi connectivity index (χ1) is 20.8. The van der Waals surface area contributed by atoms with Crippen LogP contribution in [-0.4, -0.2) is 45.0 Å². The van der Waals surface area contributed by atoms with E-state index in [4.69, 9.17) is 34.8 Å². The van der Waals surface area contributed by atoms with Crippen LogP contribution in [0.15, 0.2) is 78.9 Å². The number of likely N-dealkylation sites (tertiary alicyclic amines) is 1. The summed E-state index contributed by atoms with van der Waals surface area (Å²) in [6, 6.07) is 18.4. The van der Waals surface area contributed by atoms with Gasteiger partial charge in [-0.2, -0.15) is 0 Å².